The molecule has 1 atom stereocenters. The van der Waals surface area contributed by atoms with E-state index in [0.29, 0.717) is 12.5 Å². The molecule has 0 aliphatic carbocycles. The molecule has 0 saturated carbocycles. The lowest BCUT2D eigenvalue weighted by Gasteiger charge is -2.20. The highest BCUT2D eigenvalue weighted by molar-refractivity contribution is 14.0. The summed E-state index contributed by atoms with van der Waals surface area (Å²) < 4.78 is 2.20. The molecule has 6 nitrogen and oxygen atoms in total. The van der Waals surface area contributed by atoms with Gasteiger partial charge in [-0.2, -0.15) is 0 Å². The second kappa shape index (κ2) is 11.8. The van der Waals surface area contributed by atoms with Gasteiger partial charge in [0.25, 0.3) is 0 Å². The highest BCUT2D eigenvalue weighted by Crippen LogP contribution is 2.20. The molecule has 31 heavy (non-hydrogen) atoms. The van der Waals surface area contributed by atoms with Crippen LogP contribution in [0.1, 0.15) is 42.0 Å². The maximum Gasteiger partial charge on any atom is 0.191 e. The maximum absolute atomic E-state index is 4.78. The first-order chi connectivity index (χ1) is 14.8. The third-order valence-electron chi connectivity index (χ3n) is 5.52. The first-order valence-corrected chi connectivity index (χ1v) is 10.9. The van der Waals surface area contributed by atoms with E-state index in [0.717, 1.165) is 56.5 Å². The van der Waals surface area contributed by atoms with Gasteiger partial charge >= 0.3 is 0 Å². The van der Waals surface area contributed by atoms with E-state index >= 15 is 0 Å². The second-order valence-corrected chi connectivity index (χ2v) is 7.66. The molecule has 0 spiro atoms. The van der Waals surface area contributed by atoms with E-state index in [2.05, 4.69) is 93.0 Å². The standard InChI is InChI=1S/C24H30N6.HI/c1-2-25-24(27-18-23-29-28-22-14-9-15-30(22)23)26-17-21(20-12-7-4-8-13-20)16-19-10-5-3-6-11-19;/h3-8,10-13,21H,2,9,14-18H2,1H3,(H2,25,26,27);1H. The molecular weight excluding hydrogens is 499 g/mol. The van der Waals surface area contributed by atoms with Crippen LogP contribution in [0.3, 0.4) is 0 Å². The largest absolute Gasteiger partial charge is 0.357 e. The number of hydrogen-bond donors (Lipinski definition) is 2. The monoisotopic (exact) mass is 530 g/mol. The molecule has 0 amide bonds. The third-order valence-corrected chi connectivity index (χ3v) is 5.52. The number of benzene rings is 2. The quantitative estimate of drug-likeness (QED) is 0.263. The molecule has 3 aromatic rings. The predicted molar refractivity (Wildman–Crippen MR) is 136 cm³/mol. The molecule has 1 aromatic heterocycles. The van der Waals surface area contributed by atoms with Crippen LogP contribution in [0.2, 0.25) is 0 Å². The lowest BCUT2D eigenvalue weighted by molar-refractivity contribution is 0.641. The summed E-state index contributed by atoms with van der Waals surface area (Å²) >= 11 is 0. The molecule has 164 valence electrons. The highest BCUT2D eigenvalue weighted by Gasteiger charge is 2.17. The van der Waals surface area contributed by atoms with Gasteiger partial charge in [-0.1, -0.05) is 60.7 Å². The lowest BCUT2D eigenvalue weighted by Crippen LogP contribution is -2.39. The summed E-state index contributed by atoms with van der Waals surface area (Å²) in [5.74, 6) is 3.21. The Morgan fingerprint density at radius 1 is 1.03 bits per heavy atom. The summed E-state index contributed by atoms with van der Waals surface area (Å²) in [6.45, 7) is 5.26. The fourth-order valence-corrected chi connectivity index (χ4v) is 3.97. The zero-order valence-corrected chi connectivity index (χ0v) is 20.3. The van der Waals surface area contributed by atoms with Crippen LogP contribution in [-0.4, -0.2) is 33.8 Å². The Morgan fingerprint density at radius 3 is 2.52 bits per heavy atom. The molecule has 1 unspecified atom stereocenters. The van der Waals surface area contributed by atoms with Crippen LogP contribution in [0.25, 0.3) is 0 Å². The van der Waals surface area contributed by atoms with E-state index < -0.39 is 0 Å². The van der Waals surface area contributed by atoms with Crippen LogP contribution >= 0.6 is 24.0 Å². The average molecular weight is 530 g/mol. The maximum atomic E-state index is 4.78. The predicted octanol–water partition coefficient (Wildman–Crippen LogP) is 3.92. The van der Waals surface area contributed by atoms with Crippen molar-refractivity contribution >= 4 is 29.9 Å². The number of aryl methyl sites for hydroxylation is 1. The number of aliphatic imine (C=N–C) groups is 1. The van der Waals surface area contributed by atoms with Crippen molar-refractivity contribution in [3.8, 4) is 0 Å². The molecule has 0 saturated heterocycles. The number of rotatable bonds is 8. The Morgan fingerprint density at radius 2 is 1.77 bits per heavy atom. The van der Waals surface area contributed by atoms with Crippen molar-refractivity contribution in [1.29, 1.82) is 0 Å². The number of fused-ring (bicyclic) bond motifs is 1. The Labute approximate surface area is 201 Å². The molecular formula is C24H31IN6. The van der Waals surface area contributed by atoms with Crippen LogP contribution < -0.4 is 10.6 Å². The molecule has 7 heteroatoms. The molecule has 4 rings (SSSR count). The lowest BCUT2D eigenvalue weighted by atomic mass is 9.92. The summed E-state index contributed by atoms with van der Waals surface area (Å²) in [5, 5.41) is 15.5. The van der Waals surface area contributed by atoms with Crippen molar-refractivity contribution < 1.29 is 0 Å². The van der Waals surface area contributed by atoms with Crippen LogP contribution in [0.4, 0.5) is 0 Å². The van der Waals surface area contributed by atoms with Crippen molar-refractivity contribution in [3.05, 3.63) is 83.4 Å². The number of nitrogens with one attached hydrogen (secondary N) is 2. The van der Waals surface area contributed by atoms with Crippen molar-refractivity contribution in [3.63, 3.8) is 0 Å². The molecule has 0 fully saturated rings. The molecule has 2 N–H and O–H groups in total. The fourth-order valence-electron chi connectivity index (χ4n) is 3.97. The van der Waals surface area contributed by atoms with Gasteiger partial charge < -0.3 is 15.2 Å². The number of hydrogen-bond acceptors (Lipinski definition) is 3. The van der Waals surface area contributed by atoms with Gasteiger partial charge in [-0.25, -0.2) is 4.99 Å². The van der Waals surface area contributed by atoms with Crippen molar-refractivity contribution in [2.45, 2.75) is 45.2 Å². The molecule has 2 heterocycles. The Kier molecular flexibility index (Phi) is 8.87. The first kappa shape index (κ1) is 23.2. The van der Waals surface area contributed by atoms with Gasteiger partial charge in [-0.05, 0) is 30.9 Å². The molecule has 0 bridgehead atoms. The van der Waals surface area contributed by atoms with Crippen LogP contribution in [-0.2, 0) is 25.9 Å². The van der Waals surface area contributed by atoms with Gasteiger partial charge in [0.05, 0.1) is 0 Å². The third kappa shape index (κ3) is 6.29. The van der Waals surface area contributed by atoms with E-state index in [1.807, 2.05) is 0 Å². The van der Waals surface area contributed by atoms with Gasteiger partial charge in [0.2, 0.25) is 0 Å². The Bertz CT molecular complexity index is 955. The topological polar surface area (TPSA) is 67.1 Å². The van der Waals surface area contributed by atoms with Crippen molar-refractivity contribution in [2.75, 3.05) is 13.1 Å². The normalized spacial score (nSPS) is 13.9. The zero-order valence-electron chi connectivity index (χ0n) is 18.0. The van der Waals surface area contributed by atoms with E-state index in [-0.39, 0.29) is 24.0 Å². The summed E-state index contributed by atoms with van der Waals surface area (Å²) in [7, 11) is 0. The molecule has 1 aliphatic heterocycles. The summed E-state index contributed by atoms with van der Waals surface area (Å²) in [6.07, 6.45) is 3.15. The minimum Gasteiger partial charge on any atom is -0.357 e. The van der Waals surface area contributed by atoms with Crippen molar-refractivity contribution in [2.24, 2.45) is 4.99 Å². The van der Waals surface area contributed by atoms with Gasteiger partial charge in [-0.15, -0.1) is 34.2 Å². The second-order valence-electron chi connectivity index (χ2n) is 7.66. The Balaban J connectivity index is 0.00000272. The van der Waals surface area contributed by atoms with Crippen LogP contribution in [0.5, 0.6) is 0 Å². The van der Waals surface area contributed by atoms with E-state index in [1.165, 1.54) is 11.1 Å². The number of halogens is 1. The molecule has 2 aromatic carbocycles. The fraction of sp³-hybridized carbons (Fsp3) is 0.375. The van der Waals surface area contributed by atoms with Crippen LogP contribution in [0, 0.1) is 0 Å². The van der Waals surface area contributed by atoms with Gasteiger partial charge in [0.1, 0.15) is 12.4 Å². The SMILES string of the molecule is CCNC(=NCc1nnc2n1CCC2)NCC(Cc1ccccc1)c1ccccc1.I. The van der Waals surface area contributed by atoms with E-state index in [9.17, 15) is 0 Å². The first-order valence-electron chi connectivity index (χ1n) is 10.9. The van der Waals surface area contributed by atoms with Gasteiger partial charge in [0, 0.05) is 32.0 Å². The minimum atomic E-state index is 0. The van der Waals surface area contributed by atoms with E-state index in [4.69, 9.17) is 4.99 Å². The Hall–Kier alpha value is -2.42. The number of aromatic nitrogens is 3. The zero-order chi connectivity index (χ0) is 20.6. The van der Waals surface area contributed by atoms with Gasteiger partial charge in [-0.3, -0.25) is 0 Å². The van der Waals surface area contributed by atoms with Crippen LogP contribution in [0.15, 0.2) is 65.7 Å². The smallest absolute Gasteiger partial charge is 0.191 e. The average Bonchev–Trinajstić information content (AvgIpc) is 3.40. The molecule has 1 aliphatic rings. The number of nitrogens with zero attached hydrogens (tertiary/aromatic N) is 4. The van der Waals surface area contributed by atoms with Gasteiger partial charge in [0.15, 0.2) is 11.8 Å². The minimum absolute atomic E-state index is 0. The van der Waals surface area contributed by atoms with Crippen molar-refractivity contribution in [1.82, 2.24) is 25.4 Å². The molecule has 0 radical (unpaired) electrons. The summed E-state index contributed by atoms with van der Waals surface area (Å²) in [6, 6.07) is 21.4. The van der Waals surface area contributed by atoms with E-state index in [1.54, 1.807) is 0 Å². The number of guanidine groups is 1. The highest BCUT2D eigenvalue weighted by atomic mass is 127. The summed E-state index contributed by atoms with van der Waals surface area (Å²) in [4.78, 5) is 4.78. The summed E-state index contributed by atoms with van der Waals surface area (Å²) in [5.41, 5.74) is 2.68.